The zero-order valence-electron chi connectivity index (χ0n) is 13.3. The molecule has 114 valence electrons. The zero-order chi connectivity index (χ0) is 15.0. The lowest BCUT2D eigenvalue weighted by Crippen LogP contribution is -2.52. The van der Waals surface area contributed by atoms with Crippen LogP contribution in [0.25, 0.3) is 0 Å². The first kappa shape index (κ1) is 14.6. The highest BCUT2D eigenvalue weighted by molar-refractivity contribution is 5.85. The van der Waals surface area contributed by atoms with Crippen LogP contribution in [0, 0.1) is 11.8 Å². The Morgan fingerprint density at radius 1 is 1.24 bits per heavy atom. The van der Waals surface area contributed by atoms with Gasteiger partial charge in [0.25, 0.3) is 0 Å². The van der Waals surface area contributed by atoms with Crippen molar-refractivity contribution in [1.82, 2.24) is 10.2 Å². The summed E-state index contributed by atoms with van der Waals surface area (Å²) in [7, 11) is 0. The Morgan fingerprint density at radius 2 is 2.00 bits per heavy atom. The van der Waals surface area contributed by atoms with Gasteiger partial charge in [0, 0.05) is 25.7 Å². The number of likely N-dealkylation sites (tertiary alicyclic amines) is 1. The molecular weight excluding hydrogens is 260 g/mol. The second-order valence-electron chi connectivity index (χ2n) is 6.93. The zero-order valence-corrected chi connectivity index (χ0v) is 13.3. The van der Waals surface area contributed by atoms with Gasteiger partial charge in [-0.3, -0.25) is 4.79 Å². The van der Waals surface area contributed by atoms with E-state index in [9.17, 15) is 4.79 Å². The van der Waals surface area contributed by atoms with Gasteiger partial charge in [0.05, 0.1) is 5.92 Å². The van der Waals surface area contributed by atoms with Crippen LogP contribution < -0.4 is 5.32 Å². The Labute approximate surface area is 127 Å². The van der Waals surface area contributed by atoms with E-state index >= 15 is 0 Å². The third kappa shape index (κ3) is 2.71. The molecule has 4 unspecified atom stereocenters. The lowest BCUT2D eigenvalue weighted by Gasteiger charge is -2.43. The molecule has 2 aliphatic rings. The number of piperidine rings is 1. The fraction of sp³-hybridized carbons (Fsp3) is 0.611. The van der Waals surface area contributed by atoms with E-state index in [1.54, 1.807) is 0 Å². The average molecular weight is 286 g/mol. The van der Waals surface area contributed by atoms with Crippen LogP contribution in [0.15, 0.2) is 24.3 Å². The van der Waals surface area contributed by atoms with Gasteiger partial charge in [0.15, 0.2) is 0 Å². The summed E-state index contributed by atoms with van der Waals surface area (Å²) < 4.78 is 0. The van der Waals surface area contributed by atoms with E-state index in [0.29, 0.717) is 23.8 Å². The van der Waals surface area contributed by atoms with Crippen molar-refractivity contribution in [2.45, 2.75) is 45.7 Å². The molecule has 0 saturated carbocycles. The van der Waals surface area contributed by atoms with E-state index < -0.39 is 0 Å². The van der Waals surface area contributed by atoms with Gasteiger partial charge in [0.2, 0.25) is 5.91 Å². The van der Waals surface area contributed by atoms with Gasteiger partial charge < -0.3 is 10.2 Å². The maximum Gasteiger partial charge on any atom is 0.231 e. The van der Waals surface area contributed by atoms with Crippen molar-refractivity contribution in [2.24, 2.45) is 11.8 Å². The number of hydrogen-bond acceptors (Lipinski definition) is 2. The van der Waals surface area contributed by atoms with Crippen molar-refractivity contribution >= 4 is 5.91 Å². The molecular formula is C18H26N2O. The fourth-order valence-electron chi connectivity index (χ4n) is 3.92. The fourth-order valence-corrected chi connectivity index (χ4v) is 3.92. The second kappa shape index (κ2) is 5.80. The van der Waals surface area contributed by atoms with Gasteiger partial charge >= 0.3 is 0 Å². The summed E-state index contributed by atoms with van der Waals surface area (Å²) in [6.07, 6.45) is 1.23. The molecule has 3 rings (SSSR count). The number of nitrogens with one attached hydrogen (secondary N) is 1. The maximum absolute atomic E-state index is 13.1. The highest BCUT2D eigenvalue weighted by Crippen LogP contribution is 2.32. The van der Waals surface area contributed by atoms with Crippen LogP contribution in [0.1, 0.15) is 44.2 Å². The van der Waals surface area contributed by atoms with Gasteiger partial charge in [-0.1, -0.05) is 38.1 Å². The van der Waals surface area contributed by atoms with Gasteiger partial charge in [0.1, 0.15) is 0 Å². The molecule has 0 spiro atoms. The van der Waals surface area contributed by atoms with Crippen LogP contribution in [0.5, 0.6) is 0 Å². The highest BCUT2D eigenvalue weighted by Gasteiger charge is 2.36. The summed E-state index contributed by atoms with van der Waals surface area (Å²) in [5, 5.41) is 3.40. The second-order valence-corrected chi connectivity index (χ2v) is 6.93. The standard InChI is InChI=1S/C18H26N2O/c1-12-8-13(2)14(3)20(11-12)18(21)17-10-19-9-15-6-4-5-7-16(15)17/h4-7,12-14,17,19H,8-11H2,1-3H3. The molecule has 1 saturated heterocycles. The summed E-state index contributed by atoms with van der Waals surface area (Å²) in [6.45, 7) is 9.28. The molecule has 21 heavy (non-hydrogen) atoms. The molecule has 1 N–H and O–H groups in total. The van der Waals surface area contributed by atoms with Crippen LogP contribution >= 0.6 is 0 Å². The number of amides is 1. The van der Waals surface area contributed by atoms with Crippen molar-refractivity contribution in [3.63, 3.8) is 0 Å². The van der Waals surface area contributed by atoms with Crippen LogP contribution in [-0.2, 0) is 11.3 Å². The van der Waals surface area contributed by atoms with Crippen molar-refractivity contribution in [3.05, 3.63) is 35.4 Å². The minimum atomic E-state index is -0.0186. The molecule has 0 radical (unpaired) electrons. The summed E-state index contributed by atoms with van der Waals surface area (Å²) in [5.41, 5.74) is 2.49. The highest BCUT2D eigenvalue weighted by atomic mass is 16.2. The minimum Gasteiger partial charge on any atom is -0.339 e. The smallest absolute Gasteiger partial charge is 0.231 e. The number of fused-ring (bicyclic) bond motifs is 1. The van der Waals surface area contributed by atoms with Gasteiger partial charge in [-0.25, -0.2) is 0 Å². The Kier molecular flexibility index (Phi) is 4.03. The normalized spacial score (nSPS) is 32.6. The Balaban J connectivity index is 1.85. The molecule has 0 bridgehead atoms. The van der Waals surface area contributed by atoms with Gasteiger partial charge in [-0.05, 0) is 36.3 Å². The Hall–Kier alpha value is -1.35. The molecule has 2 aliphatic heterocycles. The minimum absolute atomic E-state index is 0.0186. The van der Waals surface area contributed by atoms with Crippen molar-refractivity contribution < 1.29 is 4.79 Å². The van der Waals surface area contributed by atoms with Crippen LogP contribution in [-0.4, -0.2) is 29.9 Å². The first-order valence-electron chi connectivity index (χ1n) is 8.17. The van der Waals surface area contributed by atoms with Crippen LogP contribution in [0.4, 0.5) is 0 Å². The van der Waals surface area contributed by atoms with Crippen molar-refractivity contribution in [1.29, 1.82) is 0 Å². The largest absolute Gasteiger partial charge is 0.339 e. The number of rotatable bonds is 1. The lowest BCUT2D eigenvalue weighted by atomic mass is 9.83. The SMILES string of the molecule is CC1CC(C)C(C)N(C(=O)C2CNCc3ccccc32)C1. The first-order chi connectivity index (χ1) is 10.1. The van der Waals surface area contributed by atoms with Crippen LogP contribution in [0.2, 0.25) is 0 Å². The molecule has 2 heterocycles. The Bertz CT molecular complexity index is 528. The van der Waals surface area contributed by atoms with Crippen LogP contribution in [0.3, 0.4) is 0 Å². The molecule has 1 aromatic rings. The lowest BCUT2D eigenvalue weighted by molar-refractivity contribution is -0.138. The number of nitrogens with zero attached hydrogens (tertiary/aromatic N) is 1. The number of hydrogen-bond donors (Lipinski definition) is 1. The third-order valence-electron chi connectivity index (χ3n) is 5.27. The van der Waals surface area contributed by atoms with Gasteiger partial charge in [-0.15, -0.1) is 0 Å². The molecule has 1 aromatic carbocycles. The van der Waals surface area contributed by atoms with Gasteiger partial charge in [-0.2, -0.15) is 0 Å². The molecule has 3 nitrogen and oxygen atoms in total. The topological polar surface area (TPSA) is 32.3 Å². The summed E-state index contributed by atoms with van der Waals surface area (Å²) in [4.78, 5) is 15.2. The van der Waals surface area contributed by atoms with E-state index in [0.717, 1.165) is 19.6 Å². The van der Waals surface area contributed by atoms with E-state index in [4.69, 9.17) is 0 Å². The van der Waals surface area contributed by atoms with E-state index in [1.165, 1.54) is 17.5 Å². The monoisotopic (exact) mass is 286 g/mol. The maximum atomic E-state index is 13.1. The van der Waals surface area contributed by atoms with E-state index in [-0.39, 0.29) is 5.92 Å². The quantitative estimate of drug-likeness (QED) is 0.861. The average Bonchev–Trinajstić information content (AvgIpc) is 2.49. The first-order valence-corrected chi connectivity index (χ1v) is 8.17. The van der Waals surface area contributed by atoms with E-state index in [1.807, 2.05) is 0 Å². The number of benzene rings is 1. The number of carbonyl (C=O) groups excluding carboxylic acids is 1. The van der Waals surface area contributed by atoms with Crippen molar-refractivity contribution in [2.75, 3.05) is 13.1 Å². The molecule has 3 heteroatoms. The molecule has 1 fully saturated rings. The molecule has 1 amide bonds. The summed E-state index contributed by atoms with van der Waals surface area (Å²) in [6, 6.07) is 8.71. The summed E-state index contributed by atoms with van der Waals surface area (Å²) in [5.74, 6) is 1.48. The predicted molar refractivity (Wildman–Crippen MR) is 85.0 cm³/mol. The molecule has 0 aliphatic carbocycles. The summed E-state index contributed by atoms with van der Waals surface area (Å²) >= 11 is 0. The number of carbonyl (C=O) groups is 1. The van der Waals surface area contributed by atoms with E-state index in [2.05, 4.69) is 55.3 Å². The van der Waals surface area contributed by atoms with Crippen molar-refractivity contribution in [3.8, 4) is 0 Å². The third-order valence-corrected chi connectivity index (χ3v) is 5.27. The molecule has 4 atom stereocenters. The predicted octanol–water partition coefficient (Wildman–Crippen LogP) is 2.77. The molecule has 0 aromatic heterocycles. The Morgan fingerprint density at radius 3 is 2.81 bits per heavy atom.